The first kappa shape index (κ1) is 15.2. The number of aryl methyl sites for hydroxylation is 2. The van der Waals surface area contributed by atoms with Crippen LogP contribution in [0.25, 0.3) is 0 Å². The van der Waals surface area contributed by atoms with Gasteiger partial charge in [0, 0.05) is 11.3 Å². The molecule has 0 aliphatic rings. The molecule has 0 unspecified atom stereocenters. The van der Waals surface area contributed by atoms with Crippen molar-refractivity contribution in [3.05, 3.63) is 65.0 Å². The van der Waals surface area contributed by atoms with Gasteiger partial charge in [-0.05, 0) is 61.2 Å². The minimum atomic E-state index is -0.299. The molecule has 21 heavy (non-hydrogen) atoms. The Morgan fingerprint density at radius 1 is 1.14 bits per heavy atom. The summed E-state index contributed by atoms with van der Waals surface area (Å²) in [5, 5.41) is 2.83. The maximum absolute atomic E-state index is 13.2. The van der Waals surface area contributed by atoms with E-state index >= 15 is 0 Å². The number of rotatable bonds is 5. The average molecular weight is 285 g/mol. The van der Waals surface area contributed by atoms with Crippen LogP contribution in [0.1, 0.15) is 41.3 Å². The molecule has 0 aliphatic heterocycles. The van der Waals surface area contributed by atoms with Gasteiger partial charge < -0.3 is 5.32 Å². The van der Waals surface area contributed by atoms with Crippen LogP contribution in [-0.2, 0) is 6.42 Å². The molecule has 2 nitrogen and oxygen atoms in total. The van der Waals surface area contributed by atoms with Crippen LogP contribution in [0.4, 0.5) is 10.1 Å². The Morgan fingerprint density at radius 3 is 2.48 bits per heavy atom. The van der Waals surface area contributed by atoms with E-state index in [1.54, 1.807) is 13.0 Å². The van der Waals surface area contributed by atoms with E-state index in [4.69, 9.17) is 0 Å². The highest BCUT2D eigenvalue weighted by Gasteiger charge is 2.08. The summed E-state index contributed by atoms with van der Waals surface area (Å²) in [4.78, 5) is 12.1. The zero-order valence-corrected chi connectivity index (χ0v) is 12.4. The summed E-state index contributed by atoms with van der Waals surface area (Å²) in [5.41, 5.74) is 2.95. The molecule has 2 aromatic carbocycles. The third kappa shape index (κ3) is 4.15. The third-order valence-electron chi connectivity index (χ3n) is 3.45. The number of amides is 1. The number of hydrogen-bond acceptors (Lipinski definition) is 1. The molecule has 0 aliphatic carbocycles. The fraction of sp³-hybridized carbons (Fsp3) is 0.278. The lowest BCUT2D eigenvalue weighted by molar-refractivity contribution is 0.102. The molecule has 0 saturated carbocycles. The molecule has 0 saturated heterocycles. The lowest BCUT2D eigenvalue weighted by Crippen LogP contribution is -2.12. The largest absolute Gasteiger partial charge is 0.322 e. The van der Waals surface area contributed by atoms with E-state index in [-0.39, 0.29) is 11.7 Å². The molecular weight excluding hydrogens is 265 g/mol. The molecule has 110 valence electrons. The van der Waals surface area contributed by atoms with Crippen LogP contribution in [-0.4, -0.2) is 5.91 Å². The highest BCUT2D eigenvalue weighted by molar-refractivity contribution is 6.04. The maximum Gasteiger partial charge on any atom is 0.255 e. The van der Waals surface area contributed by atoms with E-state index in [1.807, 2.05) is 24.3 Å². The Bertz CT molecular complexity index is 620. The molecule has 0 atom stereocenters. The second kappa shape index (κ2) is 7.02. The van der Waals surface area contributed by atoms with Crippen LogP contribution in [0.3, 0.4) is 0 Å². The summed E-state index contributed by atoms with van der Waals surface area (Å²) in [7, 11) is 0. The minimum Gasteiger partial charge on any atom is -0.322 e. The number of hydrogen-bond donors (Lipinski definition) is 1. The summed E-state index contributed by atoms with van der Waals surface area (Å²) in [6.45, 7) is 3.81. The van der Waals surface area contributed by atoms with Gasteiger partial charge in [-0.3, -0.25) is 4.79 Å². The first-order chi connectivity index (χ1) is 10.1. The monoisotopic (exact) mass is 285 g/mol. The Kier molecular flexibility index (Phi) is 5.09. The van der Waals surface area contributed by atoms with E-state index in [1.165, 1.54) is 30.5 Å². The van der Waals surface area contributed by atoms with Crippen molar-refractivity contribution >= 4 is 11.6 Å². The van der Waals surface area contributed by atoms with Crippen molar-refractivity contribution in [2.75, 3.05) is 5.32 Å². The van der Waals surface area contributed by atoms with Crippen LogP contribution >= 0.6 is 0 Å². The summed E-state index contributed by atoms with van der Waals surface area (Å²) in [5.74, 6) is -0.522. The van der Waals surface area contributed by atoms with Gasteiger partial charge >= 0.3 is 0 Å². The van der Waals surface area contributed by atoms with Gasteiger partial charge in [-0.2, -0.15) is 0 Å². The van der Waals surface area contributed by atoms with Gasteiger partial charge in [-0.1, -0.05) is 25.5 Å². The second-order valence-electron chi connectivity index (χ2n) is 5.22. The van der Waals surface area contributed by atoms with Crippen LogP contribution in [0.15, 0.2) is 42.5 Å². The molecule has 0 aromatic heterocycles. The van der Waals surface area contributed by atoms with E-state index in [0.717, 1.165) is 12.1 Å². The molecule has 0 radical (unpaired) electrons. The lowest BCUT2D eigenvalue weighted by Gasteiger charge is -2.07. The van der Waals surface area contributed by atoms with Crippen LogP contribution in [0.2, 0.25) is 0 Å². The molecule has 2 rings (SSSR count). The molecule has 1 N–H and O–H groups in total. The highest BCUT2D eigenvalue weighted by Crippen LogP contribution is 2.14. The van der Waals surface area contributed by atoms with Crippen LogP contribution in [0, 0.1) is 12.7 Å². The highest BCUT2D eigenvalue weighted by atomic mass is 19.1. The topological polar surface area (TPSA) is 29.1 Å². The second-order valence-corrected chi connectivity index (χ2v) is 5.22. The zero-order chi connectivity index (χ0) is 15.2. The molecule has 0 bridgehead atoms. The lowest BCUT2D eigenvalue weighted by atomic mass is 10.1. The summed E-state index contributed by atoms with van der Waals surface area (Å²) in [6.07, 6.45) is 3.39. The number of unbranched alkanes of at least 4 members (excludes halogenated alkanes) is 1. The summed E-state index contributed by atoms with van der Waals surface area (Å²) >= 11 is 0. The fourth-order valence-corrected chi connectivity index (χ4v) is 2.12. The van der Waals surface area contributed by atoms with Crippen molar-refractivity contribution in [1.29, 1.82) is 0 Å². The van der Waals surface area contributed by atoms with Crippen LogP contribution < -0.4 is 5.32 Å². The van der Waals surface area contributed by atoms with Crippen molar-refractivity contribution in [3.8, 4) is 0 Å². The Labute approximate surface area is 125 Å². The standard InChI is InChI=1S/C18H20FNO/c1-3-4-5-14-6-9-16(10-7-14)20-18(21)15-8-11-17(19)13(2)12-15/h6-12H,3-5H2,1-2H3,(H,20,21). The number of nitrogens with one attached hydrogen (secondary N) is 1. The Balaban J connectivity index is 2.03. The van der Waals surface area contributed by atoms with Crippen molar-refractivity contribution in [2.45, 2.75) is 33.1 Å². The van der Waals surface area contributed by atoms with Crippen molar-refractivity contribution in [2.24, 2.45) is 0 Å². The number of halogens is 1. The first-order valence-corrected chi connectivity index (χ1v) is 7.26. The number of carbonyl (C=O) groups excluding carboxylic acids is 1. The predicted molar refractivity (Wildman–Crippen MR) is 84.1 cm³/mol. The first-order valence-electron chi connectivity index (χ1n) is 7.26. The smallest absolute Gasteiger partial charge is 0.255 e. The molecule has 3 heteroatoms. The summed E-state index contributed by atoms with van der Waals surface area (Å²) < 4.78 is 13.2. The third-order valence-corrected chi connectivity index (χ3v) is 3.45. The molecule has 0 fully saturated rings. The molecule has 0 heterocycles. The van der Waals surface area contributed by atoms with E-state index in [0.29, 0.717) is 11.1 Å². The molecule has 1 amide bonds. The van der Waals surface area contributed by atoms with E-state index in [2.05, 4.69) is 12.2 Å². The minimum absolute atomic E-state index is 0.223. The van der Waals surface area contributed by atoms with Crippen molar-refractivity contribution in [3.63, 3.8) is 0 Å². The number of carbonyl (C=O) groups is 1. The Morgan fingerprint density at radius 2 is 1.86 bits per heavy atom. The molecule has 0 spiro atoms. The molecule has 2 aromatic rings. The quantitative estimate of drug-likeness (QED) is 0.845. The number of anilines is 1. The van der Waals surface area contributed by atoms with Gasteiger partial charge in [0.05, 0.1) is 0 Å². The zero-order valence-electron chi connectivity index (χ0n) is 12.4. The number of benzene rings is 2. The summed E-state index contributed by atoms with van der Waals surface area (Å²) in [6, 6.07) is 12.2. The van der Waals surface area contributed by atoms with Crippen molar-refractivity contribution < 1.29 is 9.18 Å². The average Bonchev–Trinajstić information content (AvgIpc) is 2.49. The fourth-order valence-electron chi connectivity index (χ4n) is 2.12. The van der Waals surface area contributed by atoms with E-state index in [9.17, 15) is 9.18 Å². The van der Waals surface area contributed by atoms with E-state index < -0.39 is 0 Å². The van der Waals surface area contributed by atoms with Crippen molar-refractivity contribution in [1.82, 2.24) is 0 Å². The van der Waals surface area contributed by atoms with Gasteiger partial charge in [0.15, 0.2) is 0 Å². The van der Waals surface area contributed by atoms with Gasteiger partial charge in [-0.25, -0.2) is 4.39 Å². The van der Waals surface area contributed by atoms with Gasteiger partial charge in [0.25, 0.3) is 5.91 Å². The predicted octanol–water partition coefficient (Wildman–Crippen LogP) is 4.73. The van der Waals surface area contributed by atoms with Crippen LogP contribution in [0.5, 0.6) is 0 Å². The van der Waals surface area contributed by atoms with Gasteiger partial charge in [-0.15, -0.1) is 0 Å². The molecular formula is C18H20FNO. The van der Waals surface area contributed by atoms with Gasteiger partial charge in [0.2, 0.25) is 0 Å². The normalized spacial score (nSPS) is 10.4. The SMILES string of the molecule is CCCCc1ccc(NC(=O)c2ccc(F)c(C)c2)cc1. The van der Waals surface area contributed by atoms with Gasteiger partial charge in [0.1, 0.15) is 5.82 Å². The maximum atomic E-state index is 13.2. The Hall–Kier alpha value is -2.16.